The number of anilines is 2. The monoisotopic (exact) mass is 515 g/mol. The summed E-state index contributed by atoms with van der Waals surface area (Å²) in [4.78, 5) is 41.3. The maximum atomic E-state index is 13.3. The van der Waals surface area contributed by atoms with Crippen LogP contribution in [-0.4, -0.2) is 42.9 Å². The minimum Gasteiger partial charge on any atom is -0.385 e. The maximum Gasteiger partial charge on any atom is 0.278 e. The maximum absolute atomic E-state index is 13.3. The fraction of sp³-hybridized carbons (Fsp3) is 0.207. The van der Waals surface area contributed by atoms with Crippen molar-refractivity contribution in [3.05, 3.63) is 100 Å². The lowest BCUT2D eigenvalue weighted by molar-refractivity contribution is -0.137. The molecule has 37 heavy (non-hydrogen) atoms. The minimum absolute atomic E-state index is 0.198. The summed E-state index contributed by atoms with van der Waals surface area (Å²) in [6.07, 6.45) is 0.555. The molecule has 3 aromatic carbocycles. The lowest BCUT2D eigenvalue weighted by Gasteiger charge is -2.14. The van der Waals surface area contributed by atoms with E-state index in [0.29, 0.717) is 29.2 Å². The molecule has 2 N–H and O–H groups in total. The zero-order valence-electron chi connectivity index (χ0n) is 21.0. The number of ether oxygens (including phenoxy) is 1. The Kier molecular flexibility index (Phi) is 8.43. The van der Waals surface area contributed by atoms with Crippen molar-refractivity contribution in [1.29, 1.82) is 0 Å². The van der Waals surface area contributed by atoms with E-state index >= 15 is 0 Å². The van der Waals surface area contributed by atoms with Gasteiger partial charge >= 0.3 is 0 Å². The number of carbonyl (C=O) groups excluding carboxylic acids is 3. The van der Waals surface area contributed by atoms with E-state index in [9.17, 15) is 14.4 Å². The molecule has 3 aromatic rings. The molecule has 0 radical (unpaired) electrons. The van der Waals surface area contributed by atoms with Gasteiger partial charge in [0.1, 0.15) is 10.6 Å². The number of nitrogens with one attached hydrogen (secondary N) is 2. The highest BCUT2D eigenvalue weighted by Gasteiger charge is 2.38. The van der Waals surface area contributed by atoms with E-state index in [-0.39, 0.29) is 30.0 Å². The molecule has 1 heterocycles. The van der Waals surface area contributed by atoms with E-state index in [1.54, 1.807) is 31.4 Å². The minimum atomic E-state index is -0.355. The molecule has 1 aliphatic rings. The van der Waals surface area contributed by atoms with Gasteiger partial charge in [-0.25, -0.2) is 0 Å². The SMILES string of the molecule is COCCCN1C(=O)C(Nc2ccc(C)cc2)=C(Sc2ccc(NC(=O)c3ccc(C)cc3)cc2)C1=O. The van der Waals surface area contributed by atoms with E-state index < -0.39 is 0 Å². The quantitative estimate of drug-likeness (QED) is 0.279. The second-order valence-electron chi connectivity index (χ2n) is 8.75. The second-order valence-corrected chi connectivity index (χ2v) is 9.83. The second kappa shape index (κ2) is 11.9. The summed E-state index contributed by atoms with van der Waals surface area (Å²) >= 11 is 1.22. The van der Waals surface area contributed by atoms with Crippen LogP contribution in [0.3, 0.4) is 0 Å². The first kappa shape index (κ1) is 26.2. The largest absolute Gasteiger partial charge is 0.385 e. The normalized spacial score (nSPS) is 13.3. The van der Waals surface area contributed by atoms with Crippen molar-refractivity contribution < 1.29 is 19.1 Å². The molecule has 1 aliphatic heterocycles. The smallest absolute Gasteiger partial charge is 0.278 e. The third-order valence-electron chi connectivity index (χ3n) is 5.82. The van der Waals surface area contributed by atoms with Gasteiger partial charge in [0.25, 0.3) is 17.7 Å². The Bertz CT molecular complexity index is 1320. The molecule has 7 nitrogen and oxygen atoms in total. The number of benzene rings is 3. The lowest BCUT2D eigenvalue weighted by Crippen LogP contribution is -2.33. The molecule has 4 rings (SSSR count). The number of hydrogen-bond donors (Lipinski definition) is 2. The van der Waals surface area contributed by atoms with Gasteiger partial charge < -0.3 is 15.4 Å². The summed E-state index contributed by atoms with van der Waals surface area (Å²) in [5, 5.41) is 6.04. The van der Waals surface area contributed by atoms with Gasteiger partial charge in [-0.1, -0.05) is 47.2 Å². The number of carbonyl (C=O) groups is 3. The van der Waals surface area contributed by atoms with Gasteiger partial charge in [-0.15, -0.1) is 0 Å². The van der Waals surface area contributed by atoms with Crippen LogP contribution in [0.4, 0.5) is 11.4 Å². The van der Waals surface area contributed by atoms with Crippen LogP contribution in [0.25, 0.3) is 0 Å². The van der Waals surface area contributed by atoms with Crippen LogP contribution in [0.5, 0.6) is 0 Å². The van der Waals surface area contributed by atoms with Crippen LogP contribution in [0.1, 0.15) is 27.9 Å². The van der Waals surface area contributed by atoms with Gasteiger partial charge in [0.2, 0.25) is 0 Å². The first-order valence-corrected chi connectivity index (χ1v) is 12.8. The summed E-state index contributed by atoms with van der Waals surface area (Å²) in [6, 6.07) is 22.2. The van der Waals surface area contributed by atoms with E-state index in [0.717, 1.165) is 21.7 Å². The molecule has 0 spiro atoms. The zero-order chi connectivity index (χ0) is 26.4. The topological polar surface area (TPSA) is 87.7 Å². The first-order valence-electron chi connectivity index (χ1n) is 11.9. The van der Waals surface area contributed by atoms with Crippen LogP contribution in [0, 0.1) is 13.8 Å². The molecule has 0 aliphatic carbocycles. The molecule has 0 bridgehead atoms. The molecule has 0 saturated carbocycles. The third kappa shape index (κ3) is 6.47. The molecule has 3 amide bonds. The van der Waals surface area contributed by atoms with Crippen molar-refractivity contribution in [2.75, 3.05) is 30.9 Å². The van der Waals surface area contributed by atoms with Crippen LogP contribution >= 0.6 is 11.8 Å². The number of hydrogen-bond acceptors (Lipinski definition) is 6. The third-order valence-corrected chi connectivity index (χ3v) is 6.91. The Morgan fingerprint density at radius 3 is 2.05 bits per heavy atom. The van der Waals surface area contributed by atoms with Crippen LogP contribution in [0.2, 0.25) is 0 Å². The molecule has 190 valence electrons. The first-order chi connectivity index (χ1) is 17.9. The zero-order valence-corrected chi connectivity index (χ0v) is 21.9. The Balaban J connectivity index is 1.52. The average Bonchev–Trinajstić information content (AvgIpc) is 3.11. The predicted molar refractivity (Wildman–Crippen MR) is 146 cm³/mol. The average molecular weight is 516 g/mol. The van der Waals surface area contributed by atoms with Gasteiger partial charge in [0.15, 0.2) is 0 Å². The fourth-order valence-corrected chi connectivity index (χ4v) is 4.69. The fourth-order valence-electron chi connectivity index (χ4n) is 3.74. The van der Waals surface area contributed by atoms with Gasteiger partial charge in [-0.2, -0.15) is 0 Å². The van der Waals surface area contributed by atoms with Crippen molar-refractivity contribution >= 4 is 40.9 Å². The number of imide groups is 1. The number of amides is 3. The summed E-state index contributed by atoms with van der Waals surface area (Å²) in [7, 11) is 1.59. The highest BCUT2D eigenvalue weighted by atomic mass is 32.2. The number of aryl methyl sites for hydroxylation is 2. The molecule has 0 saturated heterocycles. The van der Waals surface area contributed by atoms with E-state index in [1.165, 1.54) is 16.7 Å². The number of methoxy groups -OCH3 is 1. The molecule has 0 fully saturated rings. The molecule has 0 atom stereocenters. The Labute approximate surface area is 220 Å². The Hall–Kier alpha value is -3.88. The van der Waals surface area contributed by atoms with E-state index in [4.69, 9.17) is 4.74 Å². The summed E-state index contributed by atoms with van der Waals surface area (Å²) < 4.78 is 5.09. The Morgan fingerprint density at radius 2 is 1.43 bits per heavy atom. The highest BCUT2D eigenvalue weighted by Crippen LogP contribution is 2.36. The van der Waals surface area contributed by atoms with Crippen molar-refractivity contribution in [2.24, 2.45) is 0 Å². The summed E-state index contributed by atoms with van der Waals surface area (Å²) in [6.45, 7) is 4.68. The van der Waals surface area contributed by atoms with Crippen LogP contribution in [-0.2, 0) is 14.3 Å². The molecule has 0 unspecified atom stereocenters. The number of thioether (sulfide) groups is 1. The highest BCUT2D eigenvalue weighted by molar-refractivity contribution is 8.04. The van der Waals surface area contributed by atoms with Crippen molar-refractivity contribution in [2.45, 2.75) is 25.2 Å². The molecular formula is C29H29N3O4S. The Morgan fingerprint density at radius 1 is 0.838 bits per heavy atom. The summed E-state index contributed by atoms with van der Waals surface area (Å²) in [5.74, 6) is -0.889. The molecule has 8 heteroatoms. The van der Waals surface area contributed by atoms with Gasteiger partial charge in [-0.3, -0.25) is 19.3 Å². The van der Waals surface area contributed by atoms with Crippen LogP contribution < -0.4 is 10.6 Å². The van der Waals surface area contributed by atoms with Gasteiger partial charge in [0, 0.05) is 42.1 Å². The predicted octanol–water partition coefficient (Wildman–Crippen LogP) is 5.38. The van der Waals surface area contributed by atoms with Gasteiger partial charge in [-0.05, 0) is 68.8 Å². The molecular weight excluding hydrogens is 486 g/mol. The van der Waals surface area contributed by atoms with Crippen molar-refractivity contribution in [3.63, 3.8) is 0 Å². The number of rotatable bonds is 10. The van der Waals surface area contributed by atoms with E-state index in [1.807, 2.05) is 62.4 Å². The van der Waals surface area contributed by atoms with Crippen LogP contribution in [0.15, 0.2) is 88.3 Å². The van der Waals surface area contributed by atoms with E-state index in [2.05, 4.69) is 10.6 Å². The van der Waals surface area contributed by atoms with Gasteiger partial charge in [0.05, 0.1) is 0 Å². The lowest BCUT2D eigenvalue weighted by atomic mass is 10.1. The molecule has 0 aromatic heterocycles. The summed E-state index contributed by atoms with van der Waals surface area (Å²) in [5.41, 5.74) is 4.38. The number of nitrogens with zero attached hydrogens (tertiary/aromatic N) is 1. The van der Waals surface area contributed by atoms with Crippen molar-refractivity contribution in [1.82, 2.24) is 4.90 Å². The van der Waals surface area contributed by atoms with Crippen molar-refractivity contribution in [3.8, 4) is 0 Å². The standard InChI is InChI=1S/C29H29N3O4S/c1-19-5-9-21(10-6-19)27(33)31-23-13-15-24(16-14-23)37-26-25(30-22-11-7-20(2)8-12-22)28(34)32(29(26)35)17-4-18-36-3/h5-16,30H,4,17-18H2,1-3H3,(H,31,33).